The van der Waals surface area contributed by atoms with Gasteiger partial charge < -0.3 is 9.84 Å². The molecule has 0 aliphatic rings. The van der Waals surface area contributed by atoms with Gasteiger partial charge in [-0.2, -0.15) is 9.41 Å². The number of methoxy groups -OCH3 is 1. The molecule has 3 aromatic rings. The molecule has 8 nitrogen and oxygen atoms in total. The average Bonchev–Trinajstić information content (AvgIpc) is 2.81. The first-order chi connectivity index (χ1) is 15.8. The quantitative estimate of drug-likeness (QED) is 0.324. The lowest BCUT2D eigenvalue weighted by Crippen LogP contribution is -2.39. The highest BCUT2D eigenvalue weighted by atomic mass is 79.9. The Kier molecular flexibility index (Phi) is 8.21. The minimum atomic E-state index is -3.93. The van der Waals surface area contributed by atoms with E-state index in [-0.39, 0.29) is 22.9 Å². The van der Waals surface area contributed by atoms with Gasteiger partial charge in [0.25, 0.3) is 5.91 Å². The van der Waals surface area contributed by atoms with Crippen molar-refractivity contribution in [3.63, 3.8) is 0 Å². The van der Waals surface area contributed by atoms with E-state index < -0.39 is 22.5 Å². The second kappa shape index (κ2) is 11.1. The van der Waals surface area contributed by atoms with Gasteiger partial charge in [0.15, 0.2) is 11.5 Å². The van der Waals surface area contributed by atoms with Gasteiger partial charge in [-0.15, -0.1) is 0 Å². The molecule has 1 amide bonds. The average molecular weight is 532 g/mol. The lowest BCUT2D eigenvalue weighted by atomic mass is 10.2. The number of ether oxygens (including phenoxy) is 1. The van der Waals surface area contributed by atoms with Crippen LogP contribution >= 0.6 is 15.9 Å². The van der Waals surface area contributed by atoms with Gasteiger partial charge in [-0.1, -0.05) is 46.3 Å². The molecule has 0 saturated heterocycles. The fourth-order valence-electron chi connectivity index (χ4n) is 2.91. The molecular formula is C23H22BrN3O5S. The molecule has 0 spiro atoms. The standard InChI is InChI=1S/C23H22BrN3O5S/c1-32-22-13-18(9-12-21(22)28)14-25-26-23(29)16-27(15-17-7-10-19(24)11-8-17)33(30,31)20-5-3-2-4-6-20/h2-14,28H,15-16H2,1H3,(H,26,29)/b25-14-. The number of carbonyl (C=O) groups excluding carboxylic acids is 1. The molecule has 3 aromatic carbocycles. The highest BCUT2D eigenvalue weighted by Crippen LogP contribution is 2.25. The second-order valence-corrected chi connectivity index (χ2v) is 9.79. The number of carbonyl (C=O) groups is 1. The van der Waals surface area contributed by atoms with Gasteiger partial charge in [0.1, 0.15) is 0 Å². The summed E-state index contributed by atoms with van der Waals surface area (Å²) in [5, 5.41) is 13.5. The van der Waals surface area contributed by atoms with Crippen molar-refractivity contribution >= 4 is 38.1 Å². The van der Waals surface area contributed by atoms with E-state index in [4.69, 9.17) is 4.74 Å². The van der Waals surface area contributed by atoms with Crippen molar-refractivity contribution in [3.8, 4) is 11.5 Å². The molecule has 0 saturated carbocycles. The van der Waals surface area contributed by atoms with E-state index in [1.165, 1.54) is 31.5 Å². The van der Waals surface area contributed by atoms with Gasteiger partial charge in [0, 0.05) is 11.0 Å². The van der Waals surface area contributed by atoms with Crippen molar-refractivity contribution in [2.24, 2.45) is 5.10 Å². The zero-order valence-electron chi connectivity index (χ0n) is 17.7. The number of phenolic OH excluding ortho intramolecular Hbond substituents is 1. The van der Waals surface area contributed by atoms with Crippen LogP contribution in [0.5, 0.6) is 11.5 Å². The summed E-state index contributed by atoms with van der Waals surface area (Å²) < 4.78 is 33.4. The summed E-state index contributed by atoms with van der Waals surface area (Å²) in [4.78, 5) is 12.6. The second-order valence-electron chi connectivity index (χ2n) is 6.94. The fourth-order valence-corrected chi connectivity index (χ4v) is 4.58. The van der Waals surface area contributed by atoms with Gasteiger partial charge >= 0.3 is 0 Å². The van der Waals surface area contributed by atoms with E-state index in [2.05, 4.69) is 26.5 Å². The highest BCUT2D eigenvalue weighted by molar-refractivity contribution is 9.10. The molecule has 0 unspecified atom stereocenters. The zero-order chi connectivity index (χ0) is 23.8. The van der Waals surface area contributed by atoms with Crippen LogP contribution in [0.15, 0.2) is 87.3 Å². The molecule has 0 aromatic heterocycles. The van der Waals surface area contributed by atoms with E-state index >= 15 is 0 Å². The van der Waals surface area contributed by atoms with Crippen LogP contribution in [0.4, 0.5) is 0 Å². The van der Waals surface area contributed by atoms with E-state index in [1.807, 2.05) is 0 Å². The molecule has 0 aliphatic heterocycles. The third-order valence-electron chi connectivity index (χ3n) is 4.58. The van der Waals surface area contributed by atoms with Crippen LogP contribution in [0, 0.1) is 0 Å². The number of nitrogens with zero attached hydrogens (tertiary/aromatic N) is 2. The molecule has 0 heterocycles. The number of hydrogen-bond acceptors (Lipinski definition) is 6. The molecule has 10 heteroatoms. The van der Waals surface area contributed by atoms with Gasteiger partial charge in [-0.25, -0.2) is 13.8 Å². The van der Waals surface area contributed by atoms with Gasteiger partial charge in [0.2, 0.25) is 10.0 Å². The van der Waals surface area contributed by atoms with Crippen molar-refractivity contribution in [2.75, 3.05) is 13.7 Å². The summed E-state index contributed by atoms with van der Waals surface area (Å²) in [5.41, 5.74) is 3.65. The van der Waals surface area contributed by atoms with Crippen molar-refractivity contribution < 1.29 is 23.1 Å². The van der Waals surface area contributed by atoms with Crippen molar-refractivity contribution in [2.45, 2.75) is 11.4 Å². The van der Waals surface area contributed by atoms with Crippen LogP contribution in [0.3, 0.4) is 0 Å². The monoisotopic (exact) mass is 531 g/mol. The summed E-state index contributed by atoms with van der Waals surface area (Å²) in [6.07, 6.45) is 1.37. The maximum Gasteiger partial charge on any atom is 0.255 e. The number of nitrogens with one attached hydrogen (secondary N) is 1. The van der Waals surface area contributed by atoms with E-state index in [9.17, 15) is 18.3 Å². The minimum absolute atomic E-state index is 0.0107. The van der Waals surface area contributed by atoms with Crippen molar-refractivity contribution in [1.82, 2.24) is 9.73 Å². The lowest BCUT2D eigenvalue weighted by molar-refractivity contribution is -0.121. The summed E-state index contributed by atoms with van der Waals surface area (Å²) in [5.74, 6) is -0.359. The maximum atomic E-state index is 13.2. The fraction of sp³-hybridized carbons (Fsp3) is 0.130. The Hall–Kier alpha value is -3.21. The summed E-state index contributed by atoms with van der Waals surface area (Å²) in [7, 11) is -2.51. The number of phenols is 1. The van der Waals surface area contributed by atoms with Crippen LogP contribution in [0.2, 0.25) is 0 Å². The smallest absolute Gasteiger partial charge is 0.255 e. The van der Waals surface area contributed by atoms with E-state index in [0.717, 1.165) is 14.3 Å². The number of amides is 1. The third kappa shape index (κ3) is 6.64. The molecule has 172 valence electrons. The number of aromatic hydroxyl groups is 1. The van der Waals surface area contributed by atoms with E-state index in [0.29, 0.717) is 5.56 Å². The third-order valence-corrected chi connectivity index (χ3v) is 6.91. The molecular weight excluding hydrogens is 510 g/mol. The first kappa shape index (κ1) is 24.4. The van der Waals surface area contributed by atoms with E-state index in [1.54, 1.807) is 54.6 Å². The summed E-state index contributed by atoms with van der Waals surface area (Å²) in [6, 6.07) is 19.7. The Balaban J connectivity index is 1.76. The van der Waals surface area contributed by atoms with Crippen LogP contribution in [-0.2, 0) is 21.4 Å². The topological polar surface area (TPSA) is 108 Å². The number of sulfonamides is 1. The normalized spacial score (nSPS) is 11.6. The minimum Gasteiger partial charge on any atom is -0.504 e. The molecule has 0 fully saturated rings. The predicted octanol–water partition coefficient (Wildman–Crippen LogP) is 3.50. The van der Waals surface area contributed by atoms with Crippen LogP contribution < -0.4 is 10.2 Å². The van der Waals surface area contributed by atoms with Gasteiger partial charge in [0.05, 0.1) is 24.8 Å². The summed E-state index contributed by atoms with van der Waals surface area (Å²) >= 11 is 3.36. The molecule has 0 bridgehead atoms. The molecule has 3 rings (SSSR count). The first-order valence-electron chi connectivity index (χ1n) is 9.78. The SMILES string of the molecule is COc1cc(/C=N\NC(=O)CN(Cc2ccc(Br)cc2)S(=O)(=O)c2ccccc2)ccc1O. The molecule has 0 aliphatic carbocycles. The predicted molar refractivity (Wildman–Crippen MR) is 129 cm³/mol. The maximum absolute atomic E-state index is 13.2. The Bertz CT molecular complexity index is 1230. The van der Waals surface area contributed by atoms with Crippen molar-refractivity contribution in [1.29, 1.82) is 0 Å². The Morgan fingerprint density at radius 1 is 1.12 bits per heavy atom. The largest absolute Gasteiger partial charge is 0.504 e. The highest BCUT2D eigenvalue weighted by Gasteiger charge is 2.26. The molecule has 0 atom stereocenters. The summed E-state index contributed by atoms with van der Waals surface area (Å²) in [6.45, 7) is -0.416. The first-order valence-corrected chi connectivity index (χ1v) is 12.0. The Morgan fingerprint density at radius 3 is 2.48 bits per heavy atom. The van der Waals surface area contributed by atoms with Crippen LogP contribution in [0.1, 0.15) is 11.1 Å². The number of halogens is 1. The zero-order valence-corrected chi connectivity index (χ0v) is 20.1. The van der Waals surface area contributed by atoms with Gasteiger partial charge in [-0.05, 0) is 53.6 Å². The Morgan fingerprint density at radius 2 is 1.82 bits per heavy atom. The number of hydrazone groups is 1. The molecule has 0 radical (unpaired) electrons. The Labute approximate surface area is 200 Å². The number of hydrogen-bond donors (Lipinski definition) is 2. The van der Waals surface area contributed by atoms with Crippen molar-refractivity contribution in [3.05, 3.63) is 88.4 Å². The lowest BCUT2D eigenvalue weighted by Gasteiger charge is -2.21. The number of benzene rings is 3. The van der Waals surface area contributed by atoms with Crippen LogP contribution in [-0.4, -0.2) is 43.6 Å². The molecule has 2 N–H and O–H groups in total. The molecule has 33 heavy (non-hydrogen) atoms. The van der Waals surface area contributed by atoms with Gasteiger partial charge in [-0.3, -0.25) is 4.79 Å². The van der Waals surface area contributed by atoms with Crippen LogP contribution in [0.25, 0.3) is 0 Å². The number of rotatable bonds is 9.